The van der Waals surface area contributed by atoms with Crippen molar-refractivity contribution in [3.63, 3.8) is 0 Å². The van der Waals surface area contributed by atoms with Crippen LogP contribution in [0.3, 0.4) is 0 Å². The molecule has 0 saturated carbocycles. The smallest absolute Gasteiger partial charge is 0.222 e. The fourth-order valence-corrected chi connectivity index (χ4v) is 1.63. The second kappa shape index (κ2) is 7.01. The van der Waals surface area contributed by atoms with Crippen LogP contribution in [-0.2, 0) is 11.2 Å². The maximum absolute atomic E-state index is 11.8. The number of amides is 1. The normalized spacial score (nSPS) is 12.2. The fraction of sp³-hybridized carbons (Fsp3) is 0.538. The highest BCUT2D eigenvalue weighted by Gasteiger charge is 2.11. The summed E-state index contributed by atoms with van der Waals surface area (Å²) in [4.78, 5) is 17.6. The molecule has 0 spiro atoms. The first kappa shape index (κ1) is 13.6. The summed E-state index contributed by atoms with van der Waals surface area (Å²) in [5, 5.41) is 0. The van der Waals surface area contributed by atoms with E-state index in [1.807, 2.05) is 26.1 Å². The third-order valence-electron chi connectivity index (χ3n) is 2.76. The van der Waals surface area contributed by atoms with Gasteiger partial charge in [-0.25, -0.2) is 0 Å². The number of pyridine rings is 1. The average molecular weight is 235 g/mol. The van der Waals surface area contributed by atoms with Gasteiger partial charge in [0, 0.05) is 32.4 Å². The number of carbonyl (C=O) groups is 1. The van der Waals surface area contributed by atoms with Gasteiger partial charge in [-0.2, -0.15) is 0 Å². The summed E-state index contributed by atoms with van der Waals surface area (Å²) in [7, 11) is 1.83. The summed E-state index contributed by atoms with van der Waals surface area (Å²) in [6, 6.07) is 3.88. The second-order valence-electron chi connectivity index (χ2n) is 4.48. The zero-order valence-electron chi connectivity index (χ0n) is 10.6. The Morgan fingerprint density at radius 1 is 1.59 bits per heavy atom. The molecular weight excluding hydrogens is 214 g/mol. The van der Waals surface area contributed by atoms with E-state index in [2.05, 4.69) is 4.98 Å². The molecular formula is C13H21N3O. The highest BCUT2D eigenvalue weighted by molar-refractivity contribution is 5.76. The van der Waals surface area contributed by atoms with Crippen molar-refractivity contribution in [3.8, 4) is 0 Å². The highest BCUT2D eigenvalue weighted by atomic mass is 16.2. The SMILES string of the molecule is CC(CN)CN(C)C(=O)CCc1cccnc1. The van der Waals surface area contributed by atoms with Crippen molar-refractivity contribution >= 4 is 5.91 Å². The van der Waals surface area contributed by atoms with Crippen LogP contribution in [0.4, 0.5) is 0 Å². The molecule has 4 nitrogen and oxygen atoms in total. The predicted octanol–water partition coefficient (Wildman–Crippen LogP) is 1.07. The standard InChI is InChI=1S/C13H21N3O/c1-11(8-14)10-16(2)13(17)6-5-12-4-3-7-15-9-12/h3-4,7,9,11H,5-6,8,10,14H2,1-2H3. The number of carbonyl (C=O) groups excluding carboxylic acids is 1. The Balaban J connectivity index is 2.34. The lowest BCUT2D eigenvalue weighted by atomic mass is 10.1. The van der Waals surface area contributed by atoms with E-state index in [1.165, 1.54) is 0 Å². The van der Waals surface area contributed by atoms with E-state index in [9.17, 15) is 4.79 Å². The van der Waals surface area contributed by atoms with Crippen molar-refractivity contribution in [2.75, 3.05) is 20.1 Å². The van der Waals surface area contributed by atoms with Crippen LogP contribution in [0.1, 0.15) is 18.9 Å². The average Bonchev–Trinajstić information content (AvgIpc) is 2.36. The van der Waals surface area contributed by atoms with Gasteiger partial charge < -0.3 is 10.6 Å². The highest BCUT2D eigenvalue weighted by Crippen LogP contribution is 2.04. The monoisotopic (exact) mass is 235 g/mol. The molecule has 0 radical (unpaired) electrons. The van der Waals surface area contributed by atoms with Gasteiger partial charge >= 0.3 is 0 Å². The Morgan fingerprint density at radius 3 is 2.94 bits per heavy atom. The molecule has 1 heterocycles. The zero-order valence-corrected chi connectivity index (χ0v) is 10.6. The van der Waals surface area contributed by atoms with Gasteiger partial charge in [-0.1, -0.05) is 13.0 Å². The number of aryl methyl sites for hydroxylation is 1. The Hall–Kier alpha value is -1.42. The maximum atomic E-state index is 11.8. The molecule has 0 aromatic carbocycles. The van der Waals surface area contributed by atoms with Gasteiger partial charge in [-0.3, -0.25) is 9.78 Å². The molecule has 0 bridgehead atoms. The van der Waals surface area contributed by atoms with Crippen LogP contribution in [0.15, 0.2) is 24.5 Å². The van der Waals surface area contributed by atoms with Gasteiger partial charge in [0.05, 0.1) is 0 Å². The number of nitrogens with zero attached hydrogens (tertiary/aromatic N) is 2. The molecule has 94 valence electrons. The van der Waals surface area contributed by atoms with E-state index < -0.39 is 0 Å². The second-order valence-corrected chi connectivity index (χ2v) is 4.48. The van der Waals surface area contributed by atoms with Crippen LogP contribution in [0.5, 0.6) is 0 Å². The Morgan fingerprint density at radius 2 is 2.35 bits per heavy atom. The lowest BCUT2D eigenvalue weighted by molar-refractivity contribution is -0.130. The van der Waals surface area contributed by atoms with E-state index in [4.69, 9.17) is 5.73 Å². The predicted molar refractivity (Wildman–Crippen MR) is 68.4 cm³/mol. The maximum Gasteiger partial charge on any atom is 0.222 e. The zero-order chi connectivity index (χ0) is 12.7. The van der Waals surface area contributed by atoms with Gasteiger partial charge in [0.2, 0.25) is 5.91 Å². The van der Waals surface area contributed by atoms with E-state index in [-0.39, 0.29) is 5.91 Å². The van der Waals surface area contributed by atoms with Gasteiger partial charge in [-0.15, -0.1) is 0 Å². The molecule has 0 aliphatic heterocycles. The molecule has 1 unspecified atom stereocenters. The minimum absolute atomic E-state index is 0.161. The number of rotatable bonds is 6. The number of aromatic nitrogens is 1. The molecule has 0 fully saturated rings. The molecule has 0 aliphatic rings. The van der Waals surface area contributed by atoms with E-state index >= 15 is 0 Å². The van der Waals surface area contributed by atoms with Crippen molar-refractivity contribution in [2.24, 2.45) is 11.7 Å². The summed E-state index contributed by atoms with van der Waals surface area (Å²) in [6.45, 7) is 3.38. The molecule has 17 heavy (non-hydrogen) atoms. The van der Waals surface area contributed by atoms with Crippen LogP contribution < -0.4 is 5.73 Å². The van der Waals surface area contributed by atoms with Crippen molar-refractivity contribution < 1.29 is 4.79 Å². The summed E-state index contributed by atoms with van der Waals surface area (Å²) >= 11 is 0. The first-order chi connectivity index (χ1) is 8.13. The quantitative estimate of drug-likeness (QED) is 0.802. The van der Waals surface area contributed by atoms with Gasteiger partial charge in [0.15, 0.2) is 0 Å². The van der Waals surface area contributed by atoms with Crippen molar-refractivity contribution in [1.29, 1.82) is 0 Å². The molecule has 4 heteroatoms. The molecule has 1 rings (SSSR count). The molecule has 1 aromatic heterocycles. The molecule has 1 amide bonds. The molecule has 2 N–H and O–H groups in total. The topological polar surface area (TPSA) is 59.2 Å². The minimum atomic E-state index is 0.161. The van der Waals surface area contributed by atoms with Crippen molar-refractivity contribution in [3.05, 3.63) is 30.1 Å². The van der Waals surface area contributed by atoms with Crippen LogP contribution in [0, 0.1) is 5.92 Å². The third kappa shape index (κ3) is 4.95. The van der Waals surface area contributed by atoms with E-state index in [0.717, 1.165) is 18.5 Å². The van der Waals surface area contributed by atoms with Gasteiger partial charge in [0.25, 0.3) is 0 Å². The van der Waals surface area contributed by atoms with Crippen LogP contribution in [0.25, 0.3) is 0 Å². The number of nitrogens with two attached hydrogens (primary N) is 1. The molecule has 0 saturated heterocycles. The molecule has 1 aromatic rings. The van der Waals surface area contributed by atoms with Crippen molar-refractivity contribution in [2.45, 2.75) is 19.8 Å². The Labute approximate surface area is 103 Å². The summed E-state index contributed by atoms with van der Waals surface area (Å²) in [5.41, 5.74) is 6.64. The minimum Gasteiger partial charge on any atom is -0.345 e. The van der Waals surface area contributed by atoms with Crippen molar-refractivity contribution in [1.82, 2.24) is 9.88 Å². The summed E-state index contributed by atoms with van der Waals surface area (Å²) in [6.07, 6.45) is 4.81. The van der Waals surface area contributed by atoms with Crippen LogP contribution >= 0.6 is 0 Å². The summed E-state index contributed by atoms with van der Waals surface area (Å²) < 4.78 is 0. The molecule has 1 atom stereocenters. The van der Waals surface area contributed by atoms with Crippen LogP contribution in [-0.4, -0.2) is 35.9 Å². The largest absolute Gasteiger partial charge is 0.345 e. The fourth-order valence-electron chi connectivity index (χ4n) is 1.63. The van der Waals surface area contributed by atoms with E-state index in [0.29, 0.717) is 18.9 Å². The summed E-state index contributed by atoms with van der Waals surface area (Å²) in [5.74, 6) is 0.511. The lowest BCUT2D eigenvalue weighted by Crippen LogP contribution is -2.33. The third-order valence-corrected chi connectivity index (χ3v) is 2.76. The first-order valence-corrected chi connectivity index (χ1v) is 5.96. The molecule has 0 aliphatic carbocycles. The number of hydrogen-bond donors (Lipinski definition) is 1. The number of hydrogen-bond acceptors (Lipinski definition) is 3. The van der Waals surface area contributed by atoms with Gasteiger partial charge in [0.1, 0.15) is 0 Å². The van der Waals surface area contributed by atoms with Crippen LogP contribution in [0.2, 0.25) is 0 Å². The lowest BCUT2D eigenvalue weighted by Gasteiger charge is -2.20. The van der Waals surface area contributed by atoms with E-state index in [1.54, 1.807) is 17.3 Å². The Kier molecular flexibility index (Phi) is 5.63. The Bertz CT molecular complexity index is 340. The van der Waals surface area contributed by atoms with Gasteiger partial charge in [-0.05, 0) is 30.5 Å². The first-order valence-electron chi connectivity index (χ1n) is 5.96.